The summed E-state index contributed by atoms with van der Waals surface area (Å²) in [6.45, 7) is 0.330. The predicted octanol–water partition coefficient (Wildman–Crippen LogP) is 1.27. The Hall–Kier alpha value is -2.32. The number of aromatic nitrogens is 2. The van der Waals surface area contributed by atoms with Gasteiger partial charge in [0.2, 0.25) is 11.8 Å². The minimum Gasteiger partial charge on any atom is -0.377 e. The zero-order valence-corrected chi connectivity index (χ0v) is 13.2. The third-order valence-corrected chi connectivity index (χ3v) is 3.13. The number of hydrogen-bond acceptors (Lipinski definition) is 6. The molecule has 1 amide bonds. The third kappa shape index (κ3) is 4.57. The van der Waals surface area contributed by atoms with Crippen molar-refractivity contribution < 1.29 is 18.4 Å². The third-order valence-electron chi connectivity index (χ3n) is 3.13. The van der Waals surface area contributed by atoms with Crippen LogP contribution in [0.4, 0.5) is 4.39 Å². The van der Waals surface area contributed by atoms with Crippen LogP contribution >= 0.6 is 0 Å². The van der Waals surface area contributed by atoms with Crippen molar-refractivity contribution in [3.05, 3.63) is 47.4 Å². The Kier molecular flexibility index (Phi) is 5.78. The van der Waals surface area contributed by atoms with E-state index < -0.39 is 6.04 Å². The van der Waals surface area contributed by atoms with Crippen LogP contribution in [0.5, 0.6) is 0 Å². The van der Waals surface area contributed by atoms with Crippen molar-refractivity contribution in [3.63, 3.8) is 0 Å². The number of likely N-dealkylation sites (N-methyl/N-ethyl adjacent to an activating group) is 1. The van der Waals surface area contributed by atoms with Gasteiger partial charge >= 0.3 is 0 Å². The standard InChI is InChI=1S/C15H19FN4O3/c1-20(2)14(10-5-4-6-11(16)7-10)15(21)17-8-13-18-12(9-22-3)19-23-13/h4-7,14H,8-9H2,1-3H3,(H,17,21)/t14-/m1/s1. The molecule has 1 aromatic heterocycles. The first-order valence-corrected chi connectivity index (χ1v) is 7.01. The van der Waals surface area contributed by atoms with Gasteiger partial charge in [-0.3, -0.25) is 9.69 Å². The summed E-state index contributed by atoms with van der Waals surface area (Å²) in [6.07, 6.45) is 0. The summed E-state index contributed by atoms with van der Waals surface area (Å²) in [5.74, 6) is 0.0172. The summed E-state index contributed by atoms with van der Waals surface area (Å²) in [5, 5.41) is 6.42. The van der Waals surface area contributed by atoms with Gasteiger partial charge in [-0.1, -0.05) is 17.3 Å². The lowest BCUT2D eigenvalue weighted by Crippen LogP contribution is -2.36. The number of amides is 1. The first kappa shape index (κ1) is 17.0. The number of benzene rings is 1. The van der Waals surface area contributed by atoms with E-state index in [1.54, 1.807) is 31.1 Å². The van der Waals surface area contributed by atoms with Gasteiger partial charge in [0, 0.05) is 7.11 Å². The highest BCUT2D eigenvalue weighted by Crippen LogP contribution is 2.19. The maximum Gasteiger partial charge on any atom is 0.246 e. The van der Waals surface area contributed by atoms with Gasteiger partial charge in [-0.25, -0.2) is 4.39 Å². The second-order valence-corrected chi connectivity index (χ2v) is 5.18. The van der Waals surface area contributed by atoms with Crippen LogP contribution in [0.25, 0.3) is 0 Å². The predicted molar refractivity (Wildman–Crippen MR) is 79.7 cm³/mol. The van der Waals surface area contributed by atoms with Crippen molar-refractivity contribution in [1.82, 2.24) is 20.4 Å². The van der Waals surface area contributed by atoms with E-state index in [1.807, 2.05) is 0 Å². The van der Waals surface area contributed by atoms with Crippen molar-refractivity contribution in [3.8, 4) is 0 Å². The first-order chi connectivity index (χ1) is 11.0. The van der Waals surface area contributed by atoms with Crippen LogP contribution in [0.1, 0.15) is 23.3 Å². The molecule has 0 spiro atoms. The Bertz CT molecular complexity index is 660. The number of methoxy groups -OCH3 is 1. The van der Waals surface area contributed by atoms with Crippen LogP contribution in [-0.4, -0.2) is 42.2 Å². The van der Waals surface area contributed by atoms with Crippen molar-refractivity contribution in [2.45, 2.75) is 19.2 Å². The minimum absolute atomic E-state index is 0.0925. The topological polar surface area (TPSA) is 80.5 Å². The van der Waals surface area contributed by atoms with E-state index in [0.29, 0.717) is 11.4 Å². The molecule has 1 atom stereocenters. The molecule has 23 heavy (non-hydrogen) atoms. The molecular formula is C15H19FN4O3. The Labute approximate surface area is 133 Å². The van der Waals surface area contributed by atoms with E-state index in [4.69, 9.17) is 9.26 Å². The molecule has 2 rings (SSSR count). The second-order valence-electron chi connectivity index (χ2n) is 5.18. The lowest BCUT2D eigenvalue weighted by Gasteiger charge is -2.23. The van der Waals surface area contributed by atoms with Crippen molar-refractivity contribution in [1.29, 1.82) is 0 Å². The second kappa shape index (κ2) is 7.80. The molecule has 2 aromatic rings. The lowest BCUT2D eigenvalue weighted by molar-refractivity contribution is -0.126. The molecule has 0 unspecified atom stereocenters. The van der Waals surface area contributed by atoms with Crippen LogP contribution in [-0.2, 0) is 22.7 Å². The van der Waals surface area contributed by atoms with Gasteiger partial charge < -0.3 is 14.6 Å². The van der Waals surface area contributed by atoms with Crippen LogP contribution in [0, 0.1) is 5.82 Å². The highest BCUT2D eigenvalue weighted by atomic mass is 19.1. The molecule has 1 heterocycles. The summed E-state index contributed by atoms with van der Waals surface area (Å²) in [7, 11) is 5.02. The van der Waals surface area contributed by atoms with Crippen LogP contribution in [0.15, 0.2) is 28.8 Å². The van der Waals surface area contributed by atoms with E-state index in [2.05, 4.69) is 15.5 Å². The fourth-order valence-corrected chi connectivity index (χ4v) is 2.17. The molecule has 0 saturated carbocycles. The normalized spacial score (nSPS) is 12.4. The summed E-state index contributed by atoms with van der Waals surface area (Å²) in [5.41, 5.74) is 0.568. The highest BCUT2D eigenvalue weighted by Gasteiger charge is 2.23. The fraction of sp³-hybridized carbons (Fsp3) is 0.400. The molecule has 0 aliphatic carbocycles. The molecule has 124 valence electrons. The number of halogens is 1. The number of ether oxygens (including phenoxy) is 1. The highest BCUT2D eigenvalue weighted by molar-refractivity contribution is 5.83. The maximum atomic E-state index is 13.4. The number of rotatable bonds is 7. The number of carbonyl (C=O) groups is 1. The SMILES string of the molecule is COCc1noc(CNC(=O)[C@@H](c2cccc(F)c2)N(C)C)n1. The smallest absolute Gasteiger partial charge is 0.246 e. The lowest BCUT2D eigenvalue weighted by atomic mass is 10.1. The van der Waals surface area contributed by atoms with Gasteiger partial charge in [0.15, 0.2) is 5.82 Å². The van der Waals surface area contributed by atoms with E-state index in [-0.39, 0.29) is 30.8 Å². The summed E-state index contributed by atoms with van der Waals surface area (Å²) < 4.78 is 23.3. The molecule has 0 bridgehead atoms. The van der Waals surface area contributed by atoms with E-state index >= 15 is 0 Å². The van der Waals surface area contributed by atoms with Crippen molar-refractivity contribution in [2.75, 3.05) is 21.2 Å². The molecule has 0 aliphatic heterocycles. The summed E-state index contributed by atoms with van der Waals surface area (Å²) in [4.78, 5) is 18.2. The van der Waals surface area contributed by atoms with E-state index in [0.717, 1.165) is 0 Å². The molecule has 7 nitrogen and oxygen atoms in total. The minimum atomic E-state index is -0.618. The van der Waals surface area contributed by atoms with Gasteiger partial charge in [-0.05, 0) is 31.8 Å². The van der Waals surface area contributed by atoms with E-state index in [9.17, 15) is 9.18 Å². The molecule has 0 saturated heterocycles. The average Bonchev–Trinajstić information content (AvgIpc) is 2.93. The van der Waals surface area contributed by atoms with Gasteiger partial charge in [0.1, 0.15) is 18.5 Å². The summed E-state index contributed by atoms with van der Waals surface area (Å²) in [6, 6.07) is 5.34. The molecule has 1 N–H and O–H groups in total. The molecule has 0 radical (unpaired) electrons. The number of carbonyl (C=O) groups excluding carboxylic acids is 1. The Morgan fingerprint density at radius 1 is 1.48 bits per heavy atom. The molecule has 1 aromatic carbocycles. The van der Waals surface area contributed by atoms with Gasteiger partial charge in [-0.15, -0.1) is 0 Å². The van der Waals surface area contributed by atoms with Crippen LogP contribution < -0.4 is 5.32 Å². The van der Waals surface area contributed by atoms with Crippen molar-refractivity contribution >= 4 is 5.91 Å². The molecule has 0 fully saturated rings. The van der Waals surface area contributed by atoms with Gasteiger partial charge in [0.05, 0.1) is 6.54 Å². The van der Waals surface area contributed by atoms with Crippen LogP contribution in [0.2, 0.25) is 0 Å². The van der Waals surface area contributed by atoms with Crippen LogP contribution in [0.3, 0.4) is 0 Å². The average molecular weight is 322 g/mol. The molecule has 0 aliphatic rings. The monoisotopic (exact) mass is 322 g/mol. The number of nitrogens with one attached hydrogen (secondary N) is 1. The Morgan fingerprint density at radius 3 is 2.91 bits per heavy atom. The number of nitrogens with zero attached hydrogens (tertiary/aromatic N) is 3. The number of hydrogen-bond donors (Lipinski definition) is 1. The largest absolute Gasteiger partial charge is 0.377 e. The van der Waals surface area contributed by atoms with Gasteiger partial charge in [-0.2, -0.15) is 4.98 Å². The zero-order chi connectivity index (χ0) is 16.8. The molecule has 8 heteroatoms. The van der Waals surface area contributed by atoms with Gasteiger partial charge in [0.25, 0.3) is 0 Å². The zero-order valence-electron chi connectivity index (χ0n) is 13.2. The van der Waals surface area contributed by atoms with E-state index in [1.165, 1.54) is 19.2 Å². The quantitative estimate of drug-likeness (QED) is 0.827. The first-order valence-electron chi connectivity index (χ1n) is 7.01. The fourth-order valence-electron chi connectivity index (χ4n) is 2.17. The van der Waals surface area contributed by atoms with Crippen molar-refractivity contribution in [2.24, 2.45) is 0 Å². The Morgan fingerprint density at radius 2 is 2.26 bits per heavy atom. The maximum absolute atomic E-state index is 13.4. The Balaban J connectivity index is 2.03. The summed E-state index contributed by atoms with van der Waals surface area (Å²) >= 11 is 0. The molecular weight excluding hydrogens is 303 g/mol.